The Morgan fingerprint density at radius 1 is 1.33 bits per heavy atom. The molecule has 4 nitrogen and oxygen atoms in total. The molecular weight excluding hydrogens is 192 g/mol. The minimum Gasteiger partial charge on any atom is -0.445 e. The van der Waals surface area contributed by atoms with Gasteiger partial charge in [0.1, 0.15) is 6.10 Å². The smallest absolute Gasteiger partial charge is 0.407 e. The lowest BCUT2D eigenvalue weighted by atomic mass is 9.93. The van der Waals surface area contributed by atoms with Gasteiger partial charge in [-0.05, 0) is 40.0 Å². The Bertz CT molecular complexity index is 223. The Kier molecular flexibility index (Phi) is 3.97. The predicted molar refractivity (Wildman–Crippen MR) is 59.6 cm³/mol. The third kappa shape index (κ3) is 4.51. The molecule has 4 heteroatoms. The molecule has 0 aliphatic heterocycles. The van der Waals surface area contributed by atoms with E-state index in [2.05, 4.69) is 5.32 Å². The fraction of sp³-hybridized carbons (Fsp3) is 0.909. The van der Waals surface area contributed by atoms with E-state index in [9.17, 15) is 4.79 Å². The molecule has 0 aromatic carbocycles. The van der Waals surface area contributed by atoms with E-state index in [0.717, 1.165) is 25.7 Å². The van der Waals surface area contributed by atoms with Gasteiger partial charge < -0.3 is 15.8 Å². The molecule has 0 heterocycles. The molecule has 1 rings (SSSR count). The van der Waals surface area contributed by atoms with Crippen molar-refractivity contribution in [1.29, 1.82) is 0 Å². The standard InChI is InChI=1S/C11H22N2O2/c1-11(2,3)13-10(14)15-9-7-5-4-6-8(9)12/h8-9H,4-7,12H2,1-3H3,(H,13,14)/t8-,9+/m1/s1. The molecule has 0 spiro atoms. The summed E-state index contributed by atoms with van der Waals surface area (Å²) >= 11 is 0. The van der Waals surface area contributed by atoms with Crippen LogP contribution in [-0.4, -0.2) is 23.8 Å². The van der Waals surface area contributed by atoms with E-state index in [-0.39, 0.29) is 23.8 Å². The van der Waals surface area contributed by atoms with E-state index < -0.39 is 0 Å². The first kappa shape index (κ1) is 12.3. The molecule has 1 aliphatic carbocycles. The molecule has 0 saturated heterocycles. The molecule has 15 heavy (non-hydrogen) atoms. The van der Waals surface area contributed by atoms with Crippen molar-refractivity contribution in [2.24, 2.45) is 5.73 Å². The van der Waals surface area contributed by atoms with E-state index in [4.69, 9.17) is 10.5 Å². The van der Waals surface area contributed by atoms with E-state index in [1.54, 1.807) is 0 Å². The highest BCUT2D eigenvalue weighted by Gasteiger charge is 2.26. The number of amides is 1. The maximum atomic E-state index is 11.5. The van der Waals surface area contributed by atoms with Crippen molar-refractivity contribution in [3.63, 3.8) is 0 Å². The molecule has 2 atom stereocenters. The summed E-state index contributed by atoms with van der Waals surface area (Å²) in [6, 6.07) is 0.00414. The minimum atomic E-state index is -0.357. The first-order valence-electron chi connectivity index (χ1n) is 5.63. The van der Waals surface area contributed by atoms with Crippen LogP contribution in [0.5, 0.6) is 0 Å². The number of rotatable bonds is 1. The molecule has 1 fully saturated rings. The maximum Gasteiger partial charge on any atom is 0.407 e. The van der Waals surface area contributed by atoms with E-state index >= 15 is 0 Å². The zero-order chi connectivity index (χ0) is 11.5. The third-order valence-electron chi connectivity index (χ3n) is 2.49. The maximum absolute atomic E-state index is 11.5. The van der Waals surface area contributed by atoms with Gasteiger partial charge in [0.25, 0.3) is 0 Å². The summed E-state index contributed by atoms with van der Waals surface area (Å²) < 4.78 is 5.30. The van der Waals surface area contributed by atoms with Crippen molar-refractivity contribution in [3.8, 4) is 0 Å². The van der Waals surface area contributed by atoms with Crippen LogP contribution >= 0.6 is 0 Å². The molecule has 1 saturated carbocycles. The zero-order valence-electron chi connectivity index (χ0n) is 9.88. The Balaban J connectivity index is 2.36. The molecule has 0 radical (unpaired) electrons. The third-order valence-corrected chi connectivity index (χ3v) is 2.49. The number of ether oxygens (including phenoxy) is 1. The van der Waals surface area contributed by atoms with Crippen LogP contribution in [0.1, 0.15) is 46.5 Å². The molecule has 1 amide bonds. The first-order chi connectivity index (χ1) is 6.88. The van der Waals surface area contributed by atoms with Crippen LogP contribution in [0, 0.1) is 0 Å². The molecule has 0 unspecified atom stereocenters. The average Bonchev–Trinajstić information content (AvgIpc) is 2.05. The quantitative estimate of drug-likeness (QED) is 0.699. The van der Waals surface area contributed by atoms with Crippen molar-refractivity contribution >= 4 is 6.09 Å². The fourth-order valence-electron chi connectivity index (χ4n) is 1.74. The second-order valence-electron chi connectivity index (χ2n) is 5.27. The van der Waals surface area contributed by atoms with Crippen LogP contribution in [0.2, 0.25) is 0 Å². The Morgan fingerprint density at radius 2 is 1.93 bits per heavy atom. The highest BCUT2D eigenvalue weighted by atomic mass is 16.6. The minimum absolute atomic E-state index is 0.00414. The number of carbonyl (C=O) groups is 1. The van der Waals surface area contributed by atoms with Gasteiger partial charge in [0.05, 0.1) is 0 Å². The van der Waals surface area contributed by atoms with Crippen LogP contribution in [0.25, 0.3) is 0 Å². The van der Waals surface area contributed by atoms with Gasteiger partial charge in [0.2, 0.25) is 0 Å². The van der Waals surface area contributed by atoms with Gasteiger partial charge in [-0.25, -0.2) is 4.79 Å². The summed E-state index contributed by atoms with van der Waals surface area (Å²) in [5.41, 5.74) is 5.63. The van der Waals surface area contributed by atoms with Gasteiger partial charge in [0.15, 0.2) is 0 Å². The van der Waals surface area contributed by atoms with E-state index in [1.807, 2.05) is 20.8 Å². The summed E-state index contributed by atoms with van der Waals surface area (Å²) in [5, 5.41) is 2.77. The summed E-state index contributed by atoms with van der Waals surface area (Å²) in [4.78, 5) is 11.5. The number of alkyl carbamates (subject to hydrolysis) is 1. The largest absolute Gasteiger partial charge is 0.445 e. The van der Waals surface area contributed by atoms with Crippen molar-refractivity contribution in [3.05, 3.63) is 0 Å². The first-order valence-corrected chi connectivity index (χ1v) is 5.63. The molecular formula is C11H22N2O2. The zero-order valence-corrected chi connectivity index (χ0v) is 9.88. The van der Waals surface area contributed by atoms with Gasteiger partial charge >= 0.3 is 6.09 Å². The van der Waals surface area contributed by atoms with E-state index in [1.165, 1.54) is 0 Å². The Labute approximate surface area is 91.5 Å². The molecule has 88 valence electrons. The summed E-state index contributed by atoms with van der Waals surface area (Å²) in [6.45, 7) is 5.78. The molecule has 0 aromatic heterocycles. The van der Waals surface area contributed by atoms with Crippen LogP contribution in [0.3, 0.4) is 0 Å². The van der Waals surface area contributed by atoms with Gasteiger partial charge in [-0.2, -0.15) is 0 Å². The van der Waals surface area contributed by atoms with Crippen molar-refractivity contribution in [1.82, 2.24) is 5.32 Å². The average molecular weight is 214 g/mol. The van der Waals surface area contributed by atoms with Gasteiger partial charge in [-0.15, -0.1) is 0 Å². The van der Waals surface area contributed by atoms with Crippen LogP contribution < -0.4 is 11.1 Å². The number of nitrogens with two attached hydrogens (primary N) is 1. The summed E-state index contributed by atoms with van der Waals surface area (Å²) in [7, 11) is 0. The number of hydrogen-bond acceptors (Lipinski definition) is 3. The SMILES string of the molecule is CC(C)(C)NC(=O)O[C@H]1CCCC[C@H]1N. The molecule has 3 N–H and O–H groups in total. The molecule has 1 aliphatic rings. The lowest BCUT2D eigenvalue weighted by Gasteiger charge is -2.29. The predicted octanol–water partition coefficient (Wildman–Crippen LogP) is 1.78. The highest BCUT2D eigenvalue weighted by Crippen LogP contribution is 2.19. The van der Waals surface area contributed by atoms with Crippen molar-refractivity contribution < 1.29 is 9.53 Å². The molecule has 0 bridgehead atoms. The van der Waals surface area contributed by atoms with Gasteiger partial charge in [0, 0.05) is 11.6 Å². The van der Waals surface area contributed by atoms with Crippen LogP contribution in [-0.2, 0) is 4.74 Å². The van der Waals surface area contributed by atoms with Crippen molar-refractivity contribution in [2.75, 3.05) is 0 Å². The summed E-state index contributed by atoms with van der Waals surface area (Å²) in [6.07, 6.45) is 3.61. The number of carbonyl (C=O) groups excluding carboxylic acids is 1. The Morgan fingerprint density at radius 3 is 2.47 bits per heavy atom. The number of nitrogens with one attached hydrogen (secondary N) is 1. The normalized spacial score (nSPS) is 27.2. The van der Waals surface area contributed by atoms with Gasteiger partial charge in [-0.3, -0.25) is 0 Å². The van der Waals surface area contributed by atoms with Crippen LogP contribution in [0.15, 0.2) is 0 Å². The second kappa shape index (κ2) is 4.84. The Hall–Kier alpha value is -0.770. The lowest BCUT2D eigenvalue weighted by molar-refractivity contribution is 0.0581. The monoisotopic (exact) mass is 214 g/mol. The highest BCUT2D eigenvalue weighted by molar-refractivity contribution is 5.68. The van der Waals surface area contributed by atoms with Crippen molar-refractivity contribution in [2.45, 2.75) is 64.1 Å². The fourth-order valence-corrected chi connectivity index (χ4v) is 1.74. The lowest BCUT2D eigenvalue weighted by Crippen LogP contribution is -2.46. The van der Waals surface area contributed by atoms with Crippen LogP contribution in [0.4, 0.5) is 4.79 Å². The van der Waals surface area contributed by atoms with Gasteiger partial charge in [-0.1, -0.05) is 6.42 Å². The molecule has 0 aromatic rings. The second-order valence-corrected chi connectivity index (χ2v) is 5.27. The van der Waals surface area contributed by atoms with E-state index in [0.29, 0.717) is 0 Å². The topological polar surface area (TPSA) is 64.3 Å². The summed E-state index contributed by atoms with van der Waals surface area (Å²) in [5.74, 6) is 0. The number of hydrogen-bond donors (Lipinski definition) is 2.